The Bertz CT molecular complexity index is 1540. The second-order valence-corrected chi connectivity index (χ2v) is 12.3. The zero-order valence-electron chi connectivity index (χ0n) is 26.0. The fourth-order valence-corrected chi connectivity index (χ4v) is 6.50. The molecule has 1 aliphatic heterocycles. The normalized spacial score (nSPS) is 17.6. The van der Waals surface area contributed by atoms with Gasteiger partial charge in [0.05, 0.1) is 25.8 Å². The fraction of sp³-hybridized carbons (Fsp3) is 0.353. The van der Waals surface area contributed by atoms with E-state index in [1.54, 1.807) is 67.5 Å². The number of aliphatic hydroxyl groups excluding tert-OH is 1. The smallest absolute Gasteiger partial charge is 0.320 e. The largest absolute Gasteiger partial charge is 0.497 e. The summed E-state index contributed by atoms with van der Waals surface area (Å²) in [6.45, 7) is 1.12. The Labute approximate surface area is 276 Å². The molecule has 0 spiro atoms. The van der Waals surface area contributed by atoms with Gasteiger partial charge in [-0.25, -0.2) is 4.39 Å². The predicted molar refractivity (Wildman–Crippen MR) is 175 cm³/mol. The number of halogens is 1. The summed E-state index contributed by atoms with van der Waals surface area (Å²) in [4.78, 5) is 50.6. The quantitative estimate of drug-likeness (QED) is 0.156. The third kappa shape index (κ3) is 9.09. The molecule has 0 radical (unpaired) electrons. The van der Waals surface area contributed by atoms with E-state index in [9.17, 15) is 28.7 Å². The van der Waals surface area contributed by atoms with Gasteiger partial charge >= 0.3 is 5.97 Å². The van der Waals surface area contributed by atoms with Gasteiger partial charge in [0, 0.05) is 17.9 Å². The number of aliphatic hydroxyl groups is 1. The van der Waals surface area contributed by atoms with Gasteiger partial charge in [0.15, 0.2) is 12.4 Å². The van der Waals surface area contributed by atoms with Crippen LogP contribution in [-0.4, -0.2) is 71.1 Å². The Balaban J connectivity index is 1.36. The van der Waals surface area contributed by atoms with Crippen molar-refractivity contribution < 1.29 is 43.3 Å². The Morgan fingerprint density at radius 1 is 1.02 bits per heavy atom. The lowest BCUT2D eigenvalue weighted by Crippen LogP contribution is -2.57. The molecule has 1 saturated heterocycles. The second-order valence-electron chi connectivity index (χ2n) is 11.1. The summed E-state index contributed by atoms with van der Waals surface area (Å²) in [6, 6.07) is 18.0. The number of nitrogens with one attached hydrogen (secondary N) is 1. The molecule has 0 aromatic heterocycles. The van der Waals surface area contributed by atoms with Crippen molar-refractivity contribution in [3.8, 4) is 11.5 Å². The van der Waals surface area contributed by atoms with Crippen molar-refractivity contribution >= 4 is 41.0 Å². The standard InChI is InChI=1S/C34H38FN3O8S/c1-3-20(30(36)34(43)44)16-25(39)17-37-29(41)18-46-27-14-6-22(7-15-27)31-32(33(42)38(31)24-10-8-23(35)9-11-24)47-19-28(40)21-4-12-26(45-2)13-5-21/h4-15,20,28,30-32,40H,3,16-19,36H2,1-2H3,(H,37,41)(H,43,44)/t20?,28?,30-,31-,32-/m1/s1. The average molecular weight is 668 g/mol. The van der Waals surface area contributed by atoms with E-state index in [-0.39, 0.29) is 37.0 Å². The van der Waals surface area contributed by atoms with Crippen molar-refractivity contribution in [3.63, 3.8) is 0 Å². The summed E-state index contributed by atoms with van der Waals surface area (Å²) in [6.07, 6.45) is -0.467. The number of nitrogens with two attached hydrogens (primary N) is 1. The molecule has 0 bridgehead atoms. The molecule has 4 rings (SSSR count). The average Bonchev–Trinajstić information content (AvgIpc) is 3.08. The number of carboxylic acid groups (broad SMARTS) is 1. The summed E-state index contributed by atoms with van der Waals surface area (Å²) in [7, 11) is 1.56. The van der Waals surface area contributed by atoms with Crippen molar-refractivity contribution in [2.75, 3.05) is 30.9 Å². The van der Waals surface area contributed by atoms with Crippen LogP contribution in [0.3, 0.4) is 0 Å². The minimum atomic E-state index is -1.18. The van der Waals surface area contributed by atoms with Gasteiger partial charge in [-0.05, 0) is 65.6 Å². The molecule has 0 aliphatic carbocycles. The molecule has 2 amide bonds. The van der Waals surface area contributed by atoms with Crippen LogP contribution in [0.2, 0.25) is 0 Å². The van der Waals surface area contributed by atoms with Crippen LogP contribution in [0.4, 0.5) is 10.1 Å². The minimum Gasteiger partial charge on any atom is -0.497 e. The van der Waals surface area contributed by atoms with E-state index in [4.69, 9.17) is 20.3 Å². The number of carbonyl (C=O) groups is 4. The predicted octanol–water partition coefficient (Wildman–Crippen LogP) is 3.65. The first-order valence-electron chi connectivity index (χ1n) is 15.0. The highest BCUT2D eigenvalue weighted by molar-refractivity contribution is 8.00. The summed E-state index contributed by atoms with van der Waals surface area (Å²) in [5.74, 6) is -1.86. The van der Waals surface area contributed by atoms with E-state index in [2.05, 4.69) is 5.32 Å². The van der Waals surface area contributed by atoms with Crippen LogP contribution < -0.4 is 25.4 Å². The fourth-order valence-electron chi connectivity index (χ4n) is 5.21. The maximum Gasteiger partial charge on any atom is 0.320 e. The van der Waals surface area contributed by atoms with Crippen LogP contribution in [0.15, 0.2) is 72.8 Å². The van der Waals surface area contributed by atoms with E-state index in [1.807, 2.05) is 0 Å². The molecule has 2 unspecified atom stereocenters. The maximum atomic E-state index is 13.6. The molecule has 1 heterocycles. The van der Waals surface area contributed by atoms with E-state index in [1.165, 1.54) is 36.0 Å². The van der Waals surface area contributed by atoms with Gasteiger partial charge in [0.1, 0.15) is 28.6 Å². The molecule has 5 N–H and O–H groups in total. The van der Waals surface area contributed by atoms with E-state index in [0.29, 0.717) is 29.2 Å². The number of thioether (sulfide) groups is 1. The number of nitrogens with zero attached hydrogens (tertiary/aromatic N) is 1. The number of ether oxygens (including phenoxy) is 2. The number of hydrogen-bond donors (Lipinski definition) is 4. The number of carboxylic acids is 1. The number of β-lactam (4-membered cyclic amide) rings is 1. The van der Waals surface area contributed by atoms with Gasteiger partial charge in [-0.2, -0.15) is 0 Å². The first kappa shape index (κ1) is 35.4. The summed E-state index contributed by atoms with van der Waals surface area (Å²) in [5.41, 5.74) is 7.64. The zero-order chi connectivity index (χ0) is 34.1. The highest BCUT2D eigenvalue weighted by atomic mass is 32.2. The Morgan fingerprint density at radius 2 is 1.66 bits per heavy atom. The topological polar surface area (TPSA) is 168 Å². The highest BCUT2D eigenvalue weighted by Gasteiger charge is 2.49. The third-order valence-electron chi connectivity index (χ3n) is 7.97. The molecule has 13 heteroatoms. The van der Waals surface area contributed by atoms with Gasteiger partial charge in [-0.3, -0.25) is 19.2 Å². The molecule has 11 nitrogen and oxygen atoms in total. The van der Waals surface area contributed by atoms with Gasteiger partial charge in [0.2, 0.25) is 5.91 Å². The molecule has 5 atom stereocenters. The summed E-state index contributed by atoms with van der Waals surface area (Å²) >= 11 is 1.33. The highest BCUT2D eigenvalue weighted by Crippen LogP contribution is 2.46. The van der Waals surface area contributed by atoms with Crippen LogP contribution in [0, 0.1) is 11.7 Å². The van der Waals surface area contributed by atoms with Crippen molar-refractivity contribution in [3.05, 3.63) is 89.7 Å². The van der Waals surface area contributed by atoms with E-state index < -0.39 is 47.0 Å². The van der Waals surface area contributed by atoms with Crippen LogP contribution in [0.25, 0.3) is 0 Å². The Morgan fingerprint density at radius 3 is 2.26 bits per heavy atom. The minimum absolute atomic E-state index is 0.0646. The SMILES string of the molecule is CCC(CC(=O)CNC(=O)COc1ccc([C@@H]2[C@@H](SCC(O)c3ccc(OC)cc3)C(=O)N2c2ccc(F)cc2)cc1)[C@@H](N)C(=O)O. The third-order valence-corrected chi connectivity index (χ3v) is 9.29. The number of benzene rings is 3. The number of anilines is 1. The number of Topliss-reactive ketones (excluding diaryl/α,β-unsaturated/α-hetero) is 1. The van der Waals surface area contributed by atoms with Crippen LogP contribution in [0.5, 0.6) is 11.5 Å². The Hall–Kier alpha value is -4.46. The lowest BCUT2D eigenvalue weighted by Gasteiger charge is -2.47. The number of ketones is 1. The monoisotopic (exact) mass is 667 g/mol. The maximum absolute atomic E-state index is 13.6. The first-order valence-corrected chi connectivity index (χ1v) is 16.1. The van der Waals surface area contributed by atoms with E-state index >= 15 is 0 Å². The zero-order valence-corrected chi connectivity index (χ0v) is 26.8. The number of amides is 2. The van der Waals surface area contributed by atoms with Crippen LogP contribution in [-0.2, 0) is 19.2 Å². The molecule has 1 fully saturated rings. The molecule has 3 aromatic rings. The molecular formula is C34H38FN3O8S. The van der Waals surface area contributed by atoms with Gasteiger partial charge in [-0.1, -0.05) is 37.6 Å². The Kier molecular flexibility index (Phi) is 12.3. The number of hydrogen-bond acceptors (Lipinski definition) is 9. The van der Waals surface area contributed by atoms with Gasteiger partial charge in [-0.15, -0.1) is 11.8 Å². The number of aliphatic carboxylic acids is 1. The van der Waals surface area contributed by atoms with Crippen LogP contribution >= 0.6 is 11.8 Å². The van der Waals surface area contributed by atoms with Crippen LogP contribution in [0.1, 0.15) is 43.0 Å². The van der Waals surface area contributed by atoms with E-state index in [0.717, 1.165) is 5.56 Å². The lowest BCUT2D eigenvalue weighted by atomic mass is 9.92. The van der Waals surface area contributed by atoms with Gasteiger partial charge < -0.3 is 35.6 Å². The van der Waals surface area contributed by atoms with Crippen molar-refractivity contribution in [2.24, 2.45) is 11.7 Å². The number of methoxy groups -OCH3 is 1. The molecule has 47 heavy (non-hydrogen) atoms. The molecular weight excluding hydrogens is 629 g/mol. The lowest BCUT2D eigenvalue weighted by molar-refractivity contribution is -0.140. The summed E-state index contributed by atoms with van der Waals surface area (Å²) < 4.78 is 24.4. The second kappa shape index (κ2) is 16.4. The molecule has 1 aliphatic rings. The number of carbonyl (C=O) groups excluding carboxylic acids is 3. The summed E-state index contributed by atoms with van der Waals surface area (Å²) in [5, 5.41) is 21.8. The van der Waals surface area contributed by atoms with Crippen molar-refractivity contribution in [2.45, 2.75) is 43.2 Å². The van der Waals surface area contributed by atoms with Gasteiger partial charge in [0.25, 0.3) is 5.91 Å². The van der Waals surface area contributed by atoms with Crippen molar-refractivity contribution in [1.82, 2.24) is 5.32 Å². The van der Waals surface area contributed by atoms with Crippen molar-refractivity contribution in [1.29, 1.82) is 0 Å². The molecule has 0 saturated carbocycles. The molecule has 3 aromatic carbocycles. The first-order chi connectivity index (χ1) is 22.5. The number of rotatable bonds is 17. The molecule has 250 valence electrons.